The lowest BCUT2D eigenvalue weighted by atomic mass is 9.96. The van der Waals surface area contributed by atoms with Crippen molar-refractivity contribution in [3.05, 3.63) is 5.82 Å². The Morgan fingerprint density at radius 1 is 1.53 bits per heavy atom. The van der Waals surface area contributed by atoms with E-state index in [1.54, 1.807) is 11.9 Å². The Hall–Kier alpha value is -1.59. The van der Waals surface area contributed by atoms with Crippen LogP contribution < -0.4 is 5.73 Å². The van der Waals surface area contributed by atoms with Crippen LogP contribution in [0.15, 0.2) is 0 Å². The minimum absolute atomic E-state index is 0.0516. The molecule has 15 heavy (non-hydrogen) atoms. The van der Waals surface area contributed by atoms with E-state index in [4.69, 9.17) is 5.73 Å². The van der Waals surface area contributed by atoms with Gasteiger partial charge in [0.1, 0.15) is 0 Å². The standard InChI is InChI=1S/C9H17N5O/c1-9(2,3)5-14(4)7(15)6-11-8(10)13-12-6/h5H2,1-4H3,(H3,10,11,12,13). The molecule has 0 aliphatic rings. The number of rotatable bonds is 2. The maximum absolute atomic E-state index is 11.8. The molecule has 0 bridgehead atoms. The highest BCUT2D eigenvalue weighted by atomic mass is 16.2. The largest absolute Gasteiger partial charge is 0.366 e. The minimum atomic E-state index is -0.200. The highest BCUT2D eigenvalue weighted by Gasteiger charge is 2.20. The Bertz CT molecular complexity index is 352. The molecular formula is C9H17N5O. The van der Waals surface area contributed by atoms with Crippen LogP contribution in [0.25, 0.3) is 0 Å². The Balaban J connectivity index is 2.69. The minimum Gasteiger partial charge on any atom is -0.366 e. The number of carbonyl (C=O) groups is 1. The number of amides is 1. The van der Waals surface area contributed by atoms with Gasteiger partial charge in [-0.15, -0.1) is 5.10 Å². The molecule has 0 unspecified atom stereocenters. The third kappa shape index (κ3) is 3.23. The molecule has 0 aliphatic heterocycles. The van der Waals surface area contributed by atoms with Crippen molar-refractivity contribution in [1.29, 1.82) is 0 Å². The fourth-order valence-electron chi connectivity index (χ4n) is 1.33. The Morgan fingerprint density at radius 2 is 2.13 bits per heavy atom. The molecule has 1 heterocycles. The molecule has 84 valence electrons. The van der Waals surface area contributed by atoms with Crippen LogP contribution in [0.4, 0.5) is 5.95 Å². The van der Waals surface area contributed by atoms with Gasteiger partial charge in [-0.1, -0.05) is 20.8 Å². The number of anilines is 1. The maximum atomic E-state index is 11.8. The second-order valence-corrected chi connectivity index (χ2v) is 4.76. The van der Waals surface area contributed by atoms with E-state index in [0.29, 0.717) is 6.54 Å². The average Bonchev–Trinajstić information content (AvgIpc) is 2.47. The Kier molecular flexibility index (Phi) is 2.97. The summed E-state index contributed by atoms with van der Waals surface area (Å²) in [6.07, 6.45) is 0. The van der Waals surface area contributed by atoms with Crippen LogP contribution in [0.1, 0.15) is 31.4 Å². The van der Waals surface area contributed by atoms with E-state index < -0.39 is 0 Å². The fourth-order valence-corrected chi connectivity index (χ4v) is 1.33. The molecule has 6 nitrogen and oxygen atoms in total. The number of carbonyl (C=O) groups excluding carboxylic acids is 1. The van der Waals surface area contributed by atoms with Gasteiger partial charge in [-0.05, 0) is 5.41 Å². The summed E-state index contributed by atoms with van der Waals surface area (Å²) in [7, 11) is 1.73. The van der Waals surface area contributed by atoms with Crippen molar-refractivity contribution in [3.63, 3.8) is 0 Å². The van der Waals surface area contributed by atoms with Crippen LogP contribution in [0, 0.1) is 5.41 Å². The molecule has 0 fully saturated rings. The highest BCUT2D eigenvalue weighted by molar-refractivity contribution is 5.90. The second kappa shape index (κ2) is 3.88. The van der Waals surface area contributed by atoms with Crippen molar-refractivity contribution >= 4 is 11.9 Å². The van der Waals surface area contributed by atoms with Crippen LogP contribution in [-0.4, -0.2) is 39.6 Å². The number of nitrogen functional groups attached to an aromatic ring is 1. The molecule has 1 aromatic heterocycles. The van der Waals surface area contributed by atoms with E-state index in [1.165, 1.54) is 0 Å². The van der Waals surface area contributed by atoms with Gasteiger partial charge in [-0.2, -0.15) is 4.98 Å². The van der Waals surface area contributed by atoms with E-state index in [1.807, 2.05) is 0 Å². The van der Waals surface area contributed by atoms with Gasteiger partial charge in [0.25, 0.3) is 5.91 Å². The molecule has 6 heteroatoms. The zero-order valence-corrected chi connectivity index (χ0v) is 9.53. The molecule has 0 saturated carbocycles. The predicted octanol–water partition coefficient (Wildman–Crippen LogP) is 0.505. The lowest BCUT2D eigenvalue weighted by Crippen LogP contribution is -2.35. The zero-order chi connectivity index (χ0) is 11.6. The third-order valence-corrected chi connectivity index (χ3v) is 1.76. The molecule has 0 aromatic carbocycles. The van der Waals surface area contributed by atoms with Crippen molar-refractivity contribution in [2.45, 2.75) is 20.8 Å². The summed E-state index contributed by atoms with van der Waals surface area (Å²) in [6, 6.07) is 0. The van der Waals surface area contributed by atoms with Gasteiger partial charge in [0.2, 0.25) is 11.8 Å². The van der Waals surface area contributed by atoms with Crippen LogP contribution in [0.5, 0.6) is 0 Å². The summed E-state index contributed by atoms with van der Waals surface area (Å²) in [4.78, 5) is 17.2. The first-order valence-electron chi connectivity index (χ1n) is 4.73. The maximum Gasteiger partial charge on any atom is 0.291 e. The lowest BCUT2D eigenvalue weighted by molar-refractivity contribution is 0.0734. The van der Waals surface area contributed by atoms with Gasteiger partial charge in [0.05, 0.1) is 0 Å². The molecule has 1 rings (SSSR count). The van der Waals surface area contributed by atoms with Gasteiger partial charge in [0, 0.05) is 13.6 Å². The highest BCUT2D eigenvalue weighted by Crippen LogP contribution is 2.15. The van der Waals surface area contributed by atoms with Gasteiger partial charge in [-0.3, -0.25) is 9.89 Å². The number of hydrogen-bond donors (Lipinski definition) is 2. The SMILES string of the molecule is CN(CC(C)(C)C)C(=O)c1nc(N)n[nH]1. The summed E-state index contributed by atoms with van der Waals surface area (Å²) >= 11 is 0. The van der Waals surface area contributed by atoms with Gasteiger partial charge in [0.15, 0.2) is 0 Å². The summed E-state index contributed by atoms with van der Waals surface area (Å²) < 4.78 is 0. The van der Waals surface area contributed by atoms with E-state index in [0.717, 1.165) is 0 Å². The molecule has 3 N–H and O–H groups in total. The molecule has 1 aromatic rings. The quantitative estimate of drug-likeness (QED) is 0.745. The van der Waals surface area contributed by atoms with Crippen LogP contribution in [0.2, 0.25) is 0 Å². The molecular weight excluding hydrogens is 194 g/mol. The molecule has 0 atom stereocenters. The molecule has 1 amide bonds. The second-order valence-electron chi connectivity index (χ2n) is 4.76. The summed E-state index contributed by atoms with van der Waals surface area (Å²) in [5, 5.41) is 6.11. The normalized spacial score (nSPS) is 11.5. The van der Waals surface area contributed by atoms with Crippen molar-refractivity contribution in [2.24, 2.45) is 5.41 Å². The van der Waals surface area contributed by atoms with Crippen LogP contribution in [0.3, 0.4) is 0 Å². The van der Waals surface area contributed by atoms with Crippen molar-refractivity contribution in [3.8, 4) is 0 Å². The van der Waals surface area contributed by atoms with Gasteiger partial charge in [-0.25, -0.2) is 0 Å². The number of nitrogens with zero attached hydrogens (tertiary/aromatic N) is 3. The Labute approximate surface area is 88.9 Å². The van der Waals surface area contributed by atoms with E-state index in [2.05, 4.69) is 36.0 Å². The molecule has 0 radical (unpaired) electrons. The number of nitrogens with one attached hydrogen (secondary N) is 1. The van der Waals surface area contributed by atoms with Crippen molar-refractivity contribution in [1.82, 2.24) is 20.1 Å². The first-order valence-corrected chi connectivity index (χ1v) is 4.73. The smallest absolute Gasteiger partial charge is 0.291 e. The number of H-pyrrole nitrogens is 1. The lowest BCUT2D eigenvalue weighted by Gasteiger charge is -2.25. The summed E-state index contributed by atoms with van der Waals surface area (Å²) in [6.45, 7) is 6.83. The zero-order valence-electron chi connectivity index (χ0n) is 9.53. The van der Waals surface area contributed by atoms with Crippen LogP contribution in [-0.2, 0) is 0 Å². The monoisotopic (exact) mass is 211 g/mol. The number of aromatic nitrogens is 3. The fraction of sp³-hybridized carbons (Fsp3) is 0.667. The van der Waals surface area contributed by atoms with Crippen molar-refractivity contribution < 1.29 is 4.79 Å². The summed E-state index contributed by atoms with van der Waals surface area (Å²) in [5.74, 6) is 0.0656. The first kappa shape index (κ1) is 11.5. The third-order valence-electron chi connectivity index (χ3n) is 1.76. The van der Waals surface area contributed by atoms with Gasteiger partial charge >= 0.3 is 0 Å². The summed E-state index contributed by atoms with van der Waals surface area (Å²) in [5.41, 5.74) is 5.37. The van der Waals surface area contributed by atoms with Crippen LogP contribution >= 0.6 is 0 Å². The molecule has 0 saturated heterocycles. The first-order chi connectivity index (χ1) is 6.79. The number of nitrogens with two attached hydrogens (primary N) is 1. The molecule has 0 aliphatic carbocycles. The topological polar surface area (TPSA) is 87.9 Å². The molecule has 0 spiro atoms. The average molecular weight is 211 g/mol. The van der Waals surface area contributed by atoms with E-state index in [9.17, 15) is 4.79 Å². The number of hydrogen-bond acceptors (Lipinski definition) is 4. The van der Waals surface area contributed by atoms with Gasteiger partial charge < -0.3 is 10.6 Å². The predicted molar refractivity (Wildman–Crippen MR) is 57.2 cm³/mol. The van der Waals surface area contributed by atoms with Crippen molar-refractivity contribution in [2.75, 3.05) is 19.3 Å². The van der Waals surface area contributed by atoms with E-state index >= 15 is 0 Å². The number of aromatic amines is 1. The van der Waals surface area contributed by atoms with E-state index in [-0.39, 0.29) is 23.1 Å². The Morgan fingerprint density at radius 3 is 2.53 bits per heavy atom.